The number of hydrogen-bond donors (Lipinski definition) is 2. The first-order chi connectivity index (χ1) is 16.9. The Bertz CT molecular complexity index is 1170. The van der Waals surface area contributed by atoms with E-state index in [4.69, 9.17) is 14.9 Å². The number of rotatable bonds is 3. The molecule has 10 nitrogen and oxygen atoms in total. The second-order valence-corrected chi connectivity index (χ2v) is 10.2. The molecule has 3 aliphatic rings. The average Bonchev–Trinajstić information content (AvgIpc) is 3.54. The van der Waals surface area contributed by atoms with Crippen LogP contribution in [0.2, 0.25) is 0 Å². The van der Waals surface area contributed by atoms with E-state index in [9.17, 15) is 22.8 Å². The summed E-state index contributed by atoms with van der Waals surface area (Å²) < 4.78 is 31.7. The standard InChI is InChI=1S/C20H24N6O2S.C2HF3O2/c1-12-22-15(10-29-12)18(28)26-7-5-20(6-8-26)11-25(2)17(27)14-9-21-19(24-16(14)20)23-13-3-4-13;3-2(4,5)1(6)7/h9-10,13H,3-8,11H2,1-2H3,(H,21,23,24);(H,6,7). The molecule has 2 aromatic rings. The van der Waals surface area contributed by atoms with Crippen molar-refractivity contribution in [2.75, 3.05) is 32.0 Å². The Kier molecular flexibility index (Phi) is 6.90. The molecule has 2 aliphatic heterocycles. The molecule has 1 saturated carbocycles. The number of hydrogen-bond acceptors (Lipinski definition) is 8. The lowest BCUT2D eigenvalue weighted by atomic mass is 9.71. The van der Waals surface area contributed by atoms with E-state index < -0.39 is 12.1 Å². The van der Waals surface area contributed by atoms with Gasteiger partial charge in [-0.25, -0.2) is 19.7 Å². The normalized spacial score (nSPS) is 18.9. The van der Waals surface area contributed by atoms with Crippen LogP contribution < -0.4 is 5.32 Å². The van der Waals surface area contributed by atoms with Gasteiger partial charge in [-0.3, -0.25) is 9.59 Å². The quantitative estimate of drug-likeness (QED) is 0.625. The molecule has 36 heavy (non-hydrogen) atoms. The van der Waals surface area contributed by atoms with E-state index in [1.54, 1.807) is 11.1 Å². The Labute approximate surface area is 208 Å². The van der Waals surface area contributed by atoms with E-state index in [2.05, 4.69) is 15.3 Å². The monoisotopic (exact) mass is 526 g/mol. The first-order valence-corrected chi connectivity index (χ1v) is 12.2. The topological polar surface area (TPSA) is 129 Å². The molecule has 2 N–H and O–H groups in total. The number of fused-ring (bicyclic) bond motifs is 2. The summed E-state index contributed by atoms with van der Waals surface area (Å²) in [7, 11) is 1.83. The molecule has 0 aromatic carbocycles. The Balaban J connectivity index is 0.000000384. The number of carbonyl (C=O) groups excluding carboxylic acids is 2. The molecule has 2 amide bonds. The molecule has 1 aliphatic carbocycles. The third kappa shape index (κ3) is 5.42. The van der Waals surface area contributed by atoms with Crippen LogP contribution in [0.25, 0.3) is 0 Å². The molecule has 4 heterocycles. The molecule has 2 fully saturated rings. The van der Waals surface area contributed by atoms with Crippen molar-refractivity contribution in [2.24, 2.45) is 0 Å². The fourth-order valence-electron chi connectivity index (χ4n) is 4.39. The van der Waals surface area contributed by atoms with E-state index in [1.165, 1.54) is 11.3 Å². The molecule has 0 radical (unpaired) electrons. The third-order valence-electron chi connectivity index (χ3n) is 6.41. The largest absolute Gasteiger partial charge is 0.490 e. The lowest BCUT2D eigenvalue weighted by Crippen LogP contribution is -2.54. The summed E-state index contributed by atoms with van der Waals surface area (Å²) in [6.07, 6.45) is 0.405. The van der Waals surface area contributed by atoms with Gasteiger partial charge >= 0.3 is 12.1 Å². The number of piperidine rings is 1. The highest BCUT2D eigenvalue weighted by molar-refractivity contribution is 7.09. The van der Waals surface area contributed by atoms with Crippen molar-refractivity contribution in [3.8, 4) is 0 Å². The minimum absolute atomic E-state index is 0.0107. The summed E-state index contributed by atoms with van der Waals surface area (Å²) in [4.78, 5) is 51.6. The predicted octanol–water partition coefficient (Wildman–Crippen LogP) is 2.71. The van der Waals surface area contributed by atoms with Crippen molar-refractivity contribution in [1.82, 2.24) is 24.8 Å². The van der Waals surface area contributed by atoms with Gasteiger partial charge in [0.05, 0.1) is 16.3 Å². The SMILES string of the molecule is Cc1nc(C(=O)N2CCC3(CC2)CN(C)C(=O)c2cnc(NC4CC4)nc23)cs1.O=C(O)C(F)(F)F. The zero-order chi connectivity index (χ0) is 26.3. The smallest absolute Gasteiger partial charge is 0.475 e. The number of halogens is 3. The van der Waals surface area contributed by atoms with Crippen LogP contribution in [0.1, 0.15) is 57.2 Å². The number of thiazole rings is 1. The van der Waals surface area contributed by atoms with Crippen molar-refractivity contribution >= 4 is 35.1 Å². The number of likely N-dealkylation sites (N-methyl/N-ethyl adjacent to an activating group) is 1. The number of nitrogens with zero attached hydrogens (tertiary/aromatic N) is 5. The Hall–Kier alpha value is -3.29. The highest BCUT2D eigenvalue weighted by Crippen LogP contribution is 2.41. The molecular formula is C22H25F3N6O4S. The summed E-state index contributed by atoms with van der Waals surface area (Å²) in [5, 5.41) is 13.2. The Morgan fingerprint density at radius 3 is 2.39 bits per heavy atom. The van der Waals surface area contributed by atoms with Crippen molar-refractivity contribution < 1.29 is 32.7 Å². The van der Waals surface area contributed by atoms with Gasteiger partial charge in [-0.05, 0) is 32.6 Å². The van der Waals surface area contributed by atoms with E-state index >= 15 is 0 Å². The first kappa shape index (κ1) is 25.8. The molecule has 0 bridgehead atoms. The van der Waals surface area contributed by atoms with Crippen LogP contribution in [0.15, 0.2) is 11.6 Å². The molecule has 5 rings (SSSR count). The van der Waals surface area contributed by atoms with E-state index in [1.807, 2.05) is 24.3 Å². The van der Waals surface area contributed by atoms with Crippen molar-refractivity contribution in [1.29, 1.82) is 0 Å². The summed E-state index contributed by atoms with van der Waals surface area (Å²) in [5.41, 5.74) is 1.72. The predicted molar refractivity (Wildman–Crippen MR) is 123 cm³/mol. The van der Waals surface area contributed by atoms with Crippen LogP contribution in [0.4, 0.5) is 19.1 Å². The van der Waals surface area contributed by atoms with Crippen LogP contribution >= 0.6 is 11.3 Å². The number of aromatic nitrogens is 3. The summed E-state index contributed by atoms with van der Waals surface area (Å²) in [5.74, 6) is -2.18. The minimum atomic E-state index is -5.08. The van der Waals surface area contributed by atoms with Crippen molar-refractivity contribution in [3.05, 3.63) is 33.5 Å². The molecule has 1 saturated heterocycles. The number of carbonyl (C=O) groups is 3. The zero-order valence-corrected chi connectivity index (χ0v) is 20.4. The van der Waals surface area contributed by atoms with Gasteiger partial charge in [-0.2, -0.15) is 13.2 Å². The lowest BCUT2D eigenvalue weighted by molar-refractivity contribution is -0.192. The van der Waals surface area contributed by atoms with Gasteiger partial charge in [-0.15, -0.1) is 11.3 Å². The number of anilines is 1. The maximum absolute atomic E-state index is 12.8. The number of alkyl halides is 3. The van der Waals surface area contributed by atoms with Crippen LogP contribution in [-0.4, -0.2) is 86.5 Å². The number of likely N-dealkylation sites (tertiary alicyclic amines) is 1. The van der Waals surface area contributed by atoms with Gasteiger partial charge in [0, 0.05) is 49.7 Å². The number of aliphatic carboxylic acids is 1. The van der Waals surface area contributed by atoms with Gasteiger partial charge in [0.25, 0.3) is 11.8 Å². The number of amides is 2. The van der Waals surface area contributed by atoms with E-state index in [-0.39, 0.29) is 17.2 Å². The van der Waals surface area contributed by atoms with Gasteiger partial charge < -0.3 is 20.2 Å². The highest BCUT2D eigenvalue weighted by Gasteiger charge is 2.46. The van der Waals surface area contributed by atoms with Crippen LogP contribution in [0.3, 0.4) is 0 Å². The lowest BCUT2D eigenvalue weighted by Gasteiger charge is -2.46. The van der Waals surface area contributed by atoms with Crippen LogP contribution in [0, 0.1) is 6.92 Å². The molecule has 0 unspecified atom stereocenters. The van der Waals surface area contributed by atoms with Gasteiger partial charge in [0.2, 0.25) is 5.95 Å². The van der Waals surface area contributed by atoms with Crippen LogP contribution in [-0.2, 0) is 10.2 Å². The highest BCUT2D eigenvalue weighted by atomic mass is 32.1. The first-order valence-electron chi connectivity index (χ1n) is 11.3. The summed E-state index contributed by atoms with van der Waals surface area (Å²) in [6.45, 7) is 3.79. The second-order valence-electron chi connectivity index (χ2n) is 9.16. The maximum atomic E-state index is 12.8. The molecule has 194 valence electrons. The molecule has 2 aromatic heterocycles. The molecule has 0 atom stereocenters. The fraction of sp³-hybridized carbons (Fsp3) is 0.545. The van der Waals surface area contributed by atoms with Crippen LogP contribution in [0.5, 0.6) is 0 Å². The minimum Gasteiger partial charge on any atom is -0.475 e. The molecule has 1 spiro atoms. The molecular weight excluding hydrogens is 501 g/mol. The summed E-state index contributed by atoms with van der Waals surface area (Å²) >= 11 is 1.49. The van der Waals surface area contributed by atoms with Crippen molar-refractivity contribution in [2.45, 2.75) is 50.2 Å². The second kappa shape index (κ2) is 9.64. The zero-order valence-electron chi connectivity index (χ0n) is 19.6. The number of carboxylic acids is 1. The van der Waals surface area contributed by atoms with Gasteiger partial charge in [-0.1, -0.05) is 0 Å². The van der Waals surface area contributed by atoms with E-state index in [0.29, 0.717) is 42.9 Å². The average molecular weight is 527 g/mol. The maximum Gasteiger partial charge on any atom is 0.490 e. The summed E-state index contributed by atoms with van der Waals surface area (Å²) in [6, 6.07) is 0.451. The van der Waals surface area contributed by atoms with Crippen molar-refractivity contribution in [3.63, 3.8) is 0 Å². The molecule has 14 heteroatoms. The van der Waals surface area contributed by atoms with Gasteiger partial charge in [0.15, 0.2) is 0 Å². The number of aryl methyl sites for hydroxylation is 1. The Morgan fingerprint density at radius 1 is 1.22 bits per heavy atom. The third-order valence-corrected chi connectivity index (χ3v) is 7.18. The fourth-order valence-corrected chi connectivity index (χ4v) is 4.97. The van der Waals surface area contributed by atoms with Gasteiger partial charge in [0.1, 0.15) is 5.69 Å². The number of nitrogens with one attached hydrogen (secondary N) is 1. The Morgan fingerprint density at radius 2 is 1.86 bits per heavy atom. The van der Waals surface area contributed by atoms with E-state index in [0.717, 1.165) is 36.4 Å². The number of carboxylic acid groups (broad SMARTS) is 1.